The van der Waals surface area contributed by atoms with Gasteiger partial charge < -0.3 is 5.11 Å². The summed E-state index contributed by atoms with van der Waals surface area (Å²) in [5.41, 5.74) is 3.62. The number of hydrogen-bond donors (Lipinski definition) is 1. The predicted molar refractivity (Wildman–Crippen MR) is 78.6 cm³/mol. The van der Waals surface area contributed by atoms with Crippen LogP contribution in [0.4, 0.5) is 0 Å². The Hall–Kier alpha value is -2.24. The van der Waals surface area contributed by atoms with Crippen LogP contribution in [0.3, 0.4) is 0 Å². The molecule has 2 rings (SSSR count). The van der Waals surface area contributed by atoms with E-state index in [9.17, 15) is 4.79 Å². The summed E-state index contributed by atoms with van der Waals surface area (Å²) in [6.07, 6.45) is 0.468. The molecule has 0 saturated carbocycles. The Morgan fingerprint density at radius 3 is 2.52 bits per heavy atom. The summed E-state index contributed by atoms with van der Waals surface area (Å²) in [7, 11) is 0. The number of nitrogens with zero attached hydrogens (tertiary/aromatic N) is 4. The number of aromatic nitrogens is 4. The topological polar surface area (TPSA) is 80.9 Å². The number of carboxylic acid groups (broad SMARTS) is 1. The molecule has 2 aromatic rings. The Labute approximate surface area is 123 Å². The van der Waals surface area contributed by atoms with Crippen molar-refractivity contribution in [1.82, 2.24) is 19.7 Å². The van der Waals surface area contributed by atoms with E-state index >= 15 is 0 Å². The standard InChI is InChI=1S/C15H20N4O2/c1-8(15(20)21)6-13-10(3)18-19(11(13)4)14-7-9(2)16-12(5)17-14/h7-8H,6H2,1-5H3,(H,20,21). The molecule has 112 valence electrons. The molecule has 2 heterocycles. The van der Waals surface area contributed by atoms with Gasteiger partial charge in [0.05, 0.1) is 11.6 Å². The summed E-state index contributed by atoms with van der Waals surface area (Å²) in [5.74, 6) is 0.178. The molecule has 0 saturated heterocycles. The van der Waals surface area contributed by atoms with Crippen molar-refractivity contribution in [3.8, 4) is 5.82 Å². The first-order valence-corrected chi connectivity index (χ1v) is 6.90. The molecule has 1 N–H and O–H groups in total. The van der Waals surface area contributed by atoms with Gasteiger partial charge in [0.25, 0.3) is 0 Å². The largest absolute Gasteiger partial charge is 0.481 e. The highest BCUT2D eigenvalue weighted by atomic mass is 16.4. The lowest BCUT2D eigenvalue weighted by atomic mass is 10.00. The Morgan fingerprint density at radius 1 is 1.29 bits per heavy atom. The fourth-order valence-corrected chi connectivity index (χ4v) is 2.39. The molecule has 0 radical (unpaired) electrons. The van der Waals surface area contributed by atoms with Gasteiger partial charge in [-0.2, -0.15) is 5.10 Å². The van der Waals surface area contributed by atoms with Gasteiger partial charge in [0.15, 0.2) is 5.82 Å². The van der Waals surface area contributed by atoms with Crippen molar-refractivity contribution in [2.24, 2.45) is 5.92 Å². The molecule has 0 aliphatic carbocycles. The SMILES string of the molecule is Cc1cc(-n2nc(C)c(CC(C)C(=O)O)c2C)nc(C)n1. The molecule has 0 aromatic carbocycles. The molecule has 6 nitrogen and oxygen atoms in total. The maximum absolute atomic E-state index is 11.0. The summed E-state index contributed by atoms with van der Waals surface area (Å²) in [6, 6.07) is 1.87. The van der Waals surface area contributed by atoms with E-state index < -0.39 is 11.9 Å². The highest BCUT2D eigenvalue weighted by molar-refractivity contribution is 5.70. The van der Waals surface area contributed by atoms with Gasteiger partial charge in [0, 0.05) is 17.5 Å². The predicted octanol–water partition coefficient (Wildman–Crippen LogP) is 2.16. The number of carbonyl (C=O) groups is 1. The highest BCUT2D eigenvalue weighted by Gasteiger charge is 2.19. The summed E-state index contributed by atoms with van der Waals surface area (Å²) >= 11 is 0. The van der Waals surface area contributed by atoms with Crippen LogP contribution in [0.1, 0.15) is 35.4 Å². The first kappa shape index (κ1) is 15.2. The van der Waals surface area contributed by atoms with Crippen LogP contribution in [0.25, 0.3) is 5.82 Å². The molecule has 0 amide bonds. The number of rotatable bonds is 4. The van der Waals surface area contributed by atoms with Crippen molar-refractivity contribution in [2.45, 2.75) is 41.0 Å². The van der Waals surface area contributed by atoms with Gasteiger partial charge in [-0.05, 0) is 39.7 Å². The third kappa shape index (κ3) is 3.09. The zero-order valence-corrected chi connectivity index (χ0v) is 13.0. The van der Waals surface area contributed by atoms with E-state index in [1.54, 1.807) is 11.6 Å². The molecule has 0 spiro atoms. The van der Waals surface area contributed by atoms with Gasteiger partial charge in [-0.3, -0.25) is 4.79 Å². The molecular formula is C15H20N4O2. The highest BCUT2D eigenvalue weighted by Crippen LogP contribution is 2.20. The molecule has 0 fully saturated rings. The minimum Gasteiger partial charge on any atom is -0.481 e. The minimum atomic E-state index is -0.796. The second-order valence-corrected chi connectivity index (χ2v) is 5.42. The Kier molecular flexibility index (Phi) is 4.06. The van der Waals surface area contributed by atoms with E-state index in [1.165, 1.54) is 0 Å². The van der Waals surface area contributed by atoms with Gasteiger partial charge in [-0.1, -0.05) is 6.92 Å². The lowest BCUT2D eigenvalue weighted by Gasteiger charge is -2.08. The summed E-state index contributed by atoms with van der Waals surface area (Å²) in [4.78, 5) is 19.7. The normalized spacial score (nSPS) is 12.4. The van der Waals surface area contributed by atoms with E-state index in [1.807, 2.05) is 33.8 Å². The van der Waals surface area contributed by atoms with E-state index in [-0.39, 0.29) is 0 Å². The molecule has 0 bridgehead atoms. The van der Waals surface area contributed by atoms with Crippen molar-refractivity contribution >= 4 is 5.97 Å². The lowest BCUT2D eigenvalue weighted by Crippen LogP contribution is -2.13. The molecular weight excluding hydrogens is 268 g/mol. The Bertz CT molecular complexity index is 671. The molecule has 0 aliphatic rings. The van der Waals surface area contributed by atoms with Gasteiger partial charge >= 0.3 is 5.97 Å². The average Bonchev–Trinajstić information content (AvgIpc) is 2.65. The first-order valence-electron chi connectivity index (χ1n) is 6.90. The number of aryl methyl sites for hydroxylation is 3. The fraction of sp³-hybridized carbons (Fsp3) is 0.467. The molecule has 2 aromatic heterocycles. The van der Waals surface area contributed by atoms with Crippen LogP contribution in [0.15, 0.2) is 6.07 Å². The zero-order valence-electron chi connectivity index (χ0n) is 13.0. The van der Waals surface area contributed by atoms with E-state index in [0.717, 1.165) is 28.5 Å². The Balaban J connectivity index is 2.45. The smallest absolute Gasteiger partial charge is 0.306 e. The molecule has 6 heteroatoms. The maximum atomic E-state index is 11.0. The van der Waals surface area contributed by atoms with Gasteiger partial charge in [-0.15, -0.1) is 0 Å². The minimum absolute atomic E-state index is 0.436. The second kappa shape index (κ2) is 5.63. The zero-order chi connectivity index (χ0) is 15.7. The second-order valence-electron chi connectivity index (χ2n) is 5.42. The molecule has 0 aliphatic heterocycles. The van der Waals surface area contributed by atoms with Crippen LogP contribution in [0, 0.1) is 33.6 Å². The number of hydrogen-bond acceptors (Lipinski definition) is 4. The molecule has 21 heavy (non-hydrogen) atoms. The molecule has 1 unspecified atom stereocenters. The van der Waals surface area contributed by atoms with Crippen LogP contribution in [-0.4, -0.2) is 30.8 Å². The Morgan fingerprint density at radius 2 is 1.95 bits per heavy atom. The van der Waals surface area contributed by atoms with Crippen molar-refractivity contribution in [3.05, 3.63) is 34.5 Å². The van der Waals surface area contributed by atoms with Gasteiger partial charge in [-0.25, -0.2) is 14.6 Å². The third-order valence-corrected chi connectivity index (χ3v) is 3.54. The monoisotopic (exact) mass is 288 g/mol. The lowest BCUT2D eigenvalue weighted by molar-refractivity contribution is -0.141. The number of carboxylic acids is 1. The van der Waals surface area contributed by atoms with Crippen molar-refractivity contribution < 1.29 is 9.90 Å². The van der Waals surface area contributed by atoms with Crippen molar-refractivity contribution in [2.75, 3.05) is 0 Å². The third-order valence-electron chi connectivity index (χ3n) is 3.54. The number of aliphatic carboxylic acids is 1. The summed E-state index contributed by atoms with van der Waals surface area (Å²) in [6.45, 7) is 9.30. The van der Waals surface area contributed by atoms with E-state index in [4.69, 9.17) is 5.11 Å². The van der Waals surface area contributed by atoms with Crippen LogP contribution in [0.2, 0.25) is 0 Å². The van der Waals surface area contributed by atoms with Crippen molar-refractivity contribution in [3.63, 3.8) is 0 Å². The fourth-order valence-electron chi connectivity index (χ4n) is 2.39. The quantitative estimate of drug-likeness (QED) is 0.932. The molecule has 1 atom stereocenters. The van der Waals surface area contributed by atoms with E-state index in [0.29, 0.717) is 12.2 Å². The van der Waals surface area contributed by atoms with Crippen LogP contribution < -0.4 is 0 Å². The van der Waals surface area contributed by atoms with Gasteiger partial charge in [0.1, 0.15) is 5.82 Å². The van der Waals surface area contributed by atoms with E-state index in [2.05, 4.69) is 15.1 Å². The van der Waals surface area contributed by atoms with Crippen LogP contribution >= 0.6 is 0 Å². The van der Waals surface area contributed by atoms with Crippen molar-refractivity contribution in [1.29, 1.82) is 0 Å². The van der Waals surface area contributed by atoms with Crippen LogP contribution in [0.5, 0.6) is 0 Å². The average molecular weight is 288 g/mol. The van der Waals surface area contributed by atoms with Crippen LogP contribution in [-0.2, 0) is 11.2 Å². The summed E-state index contributed by atoms with van der Waals surface area (Å²) in [5, 5.41) is 13.6. The van der Waals surface area contributed by atoms with Gasteiger partial charge in [0.2, 0.25) is 0 Å². The summed E-state index contributed by atoms with van der Waals surface area (Å²) < 4.78 is 1.76. The first-order chi connectivity index (χ1) is 9.79. The maximum Gasteiger partial charge on any atom is 0.306 e.